The molecular formula is C21H22N4OS. The summed E-state index contributed by atoms with van der Waals surface area (Å²) in [5.41, 5.74) is 2.93. The molecule has 6 heteroatoms. The van der Waals surface area contributed by atoms with E-state index in [1.54, 1.807) is 11.3 Å². The number of nitrogens with zero attached hydrogens (tertiary/aromatic N) is 4. The number of thiazole rings is 1. The van der Waals surface area contributed by atoms with E-state index in [-0.39, 0.29) is 5.91 Å². The first-order valence-corrected chi connectivity index (χ1v) is 10.1. The van der Waals surface area contributed by atoms with Gasteiger partial charge in [-0.3, -0.25) is 4.79 Å². The highest BCUT2D eigenvalue weighted by Gasteiger charge is 2.22. The van der Waals surface area contributed by atoms with E-state index in [1.165, 1.54) is 0 Å². The van der Waals surface area contributed by atoms with Gasteiger partial charge in [0.25, 0.3) is 5.91 Å². The van der Waals surface area contributed by atoms with Crippen LogP contribution in [0.15, 0.2) is 54.0 Å². The molecule has 1 fully saturated rings. The topological polar surface area (TPSA) is 49.3 Å². The maximum absolute atomic E-state index is 12.6. The van der Waals surface area contributed by atoms with Crippen molar-refractivity contribution in [3.8, 4) is 10.6 Å². The first-order valence-electron chi connectivity index (χ1n) is 9.24. The van der Waals surface area contributed by atoms with Gasteiger partial charge in [0.05, 0.1) is 5.69 Å². The van der Waals surface area contributed by atoms with Crippen molar-refractivity contribution >= 4 is 23.1 Å². The minimum atomic E-state index is 0.106. The Morgan fingerprint density at radius 3 is 2.48 bits per heavy atom. The van der Waals surface area contributed by atoms with Gasteiger partial charge in [-0.15, -0.1) is 11.3 Å². The SMILES string of the molecule is CCc1csc(-c2ccc(N3CCN(C(=O)c4ccccc4)CC3)nc2)n1. The smallest absolute Gasteiger partial charge is 0.253 e. The van der Waals surface area contributed by atoms with Gasteiger partial charge < -0.3 is 9.80 Å². The molecule has 0 spiro atoms. The van der Waals surface area contributed by atoms with Crippen molar-refractivity contribution in [2.24, 2.45) is 0 Å². The summed E-state index contributed by atoms with van der Waals surface area (Å²) in [6.07, 6.45) is 2.85. The number of rotatable bonds is 4. The maximum Gasteiger partial charge on any atom is 0.253 e. The normalized spacial score (nSPS) is 14.4. The largest absolute Gasteiger partial charge is 0.353 e. The first-order chi connectivity index (χ1) is 13.2. The number of aryl methyl sites for hydroxylation is 1. The van der Waals surface area contributed by atoms with Crippen LogP contribution in [0.3, 0.4) is 0 Å². The lowest BCUT2D eigenvalue weighted by Crippen LogP contribution is -2.49. The number of carbonyl (C=O) groups excluding carboxylic acids is 1. The second kappa shape index (κ2) is 7.88. The highest BCUT2D eigenvalue weighted by Crippen LogP contribution is 2.25. The molecule has 2 aromatic heterocycles. The highest BCUT2D eigenvalue weighted by atomic mass is 32.1. The molecule has 3 aromatic rings. The minimum Gasteiger partial charge on any atom is -0.353 e. The van der Waals surface area contributed by atoms with Crippen LogP contribution in [0.2, 0.25) is 0 Å². The Labute approximate surface area is 163 Å². The molecule has 0 bridgehead atoms. The zero-order valence-electron chi connectivity index (χ0n) is 15.3. The van der Waals surface area contributed by atoms with E-state index in [0.29, 0.717) is 13.1 Å². The van der Waals surface area contributed by atoms with Crippen LogP contribution in [0.1, 0.15) is 23.0 Å². The number of pyridine rings is 1. The molecule has 3 heterocycles. The number of amides is 1. The summed E-state index contributed by atoms with van der Waals surface area (Å²) in [6.45, 7) is 5.12. The van der Waals surface area contributed by atoms with E-state index in [2.05, 4.69) is 39.3 Å². The third-order valence-corrected chi connectivity index (χ3v) is 5.76. The van der Waals surface area contributed by atoms with Gasteiger partial charge in [0.2, 0.25) is 0 Å². The second-order valence-electron chi connectivity index (χ2n) is 6.55. The van der Waals surface area contributed by atoms with Crippen LogP contribution in [0, 0.1) is 0 Å². The minimum absolute atomic E-state index is 0.106. The number of piperazine rings is 1. The van der Waals surface area contributed by atoms with E-state index in [0.717, 1.165) is 47.2 Å². The van der Waals surface area contributed by atoms with Gasteiger partial charge in [0.1, 0.15) is 10.8 Å². The van der Waals surface area contributed by atoms with Crippen LogP contribution in [-0.4, -0.2) is 47.0 Å². The molecule has 4 rings (SSSR count). The predicted molar refractivity (Wildman–Crippen MR) is 109 cm³/mol. The molecular weight excluding hydrogens is 356 g/mol. The van der Waals surface area contributed by atoms with Crippen LogP contribution in [0.4, 0.5) is 5.82 Å². The number of carbonyl (C=O) groups is 1. The van der Waals surface area contributed by atoms with Gasteiger partial charge in [0, 0.05) is 48.9 Å². The fourth-order valence-electron chi connectivity index (χ4n) is 3.20. The number of anilines is 1. The van der Waals surface area contributed by atoms with E-state index in [1.807, 2.05) is 41.4 Å². The second-order valence-corrected chi connectivity index (χ2v) is 7.41. The average Bonchev–Trinajstić information content (AvgIpc) is 3.23. The third-order valence-electron chi connectivity index (χ3n) is 4.82. The molecule has 0 unspecified atom stereocenters. The zero-order valence-corrected chi connectivity index (χ0v) is 16.2. The van der Waals surface area contributed by atoms with Crippen LogP contribution in [0.25, 0.3) is 10.6 Å². The van der Waals surface area contributed by atoms with Crippen LogP contribution < -0.4 is 4.90 Å². The number of hydrogen-bond acceptors (Lipinski definition) is 5. The fraction of sp³-hybridized carbons (Fsp3) is 0.286. The number of hydrogen-bond donors (Lipinski definition) is 0. The van der Waals surface area contributed by atoms with Crippen molar-refractivity contribution < 1.29 is 4.79 Å². The summed E-state index contributed by atoms with van der Waals surface area (Å²) in [4.78, 5) is 26.0. The van der Waals surface area contributed by atoms with E-state index in [4.69, 9.17) is 0 Å². The molecule has 0 N–H and O–H groups in total. The number of benzene rings is 1. The monoisotopic (exact) mass is 378 g/mol. The lowest BCUT2D eigenvalue weighted by molar-refractivity contribution is 0.0746. The third kappa shape index (κ3) is 3.85. The molecule has 1 aromatic carbocycles. The van der Waals surface area contributed by atoms with E-state index < -0.39 is 0 Å². The van der Waals surface area contributed by atoms with Crippen molar-refractivity contribution in [2.45, 2.75) is 13.3 Å². The van der Waals surface area contributed by atoms with Crippen LogP contribution in [-0.2, 0) is 6.42 Å². The van der Waals surface area contributed by atoms with Crippen molar-refractivity contribution in [3.63, 3.8) is 0 Å². The molecule has 0 atom stereocenters. The van der Waals surface area contributed by atoms with E-state index >= 15 is 0 Å². The molecule has 0 saturated carbocycles. The predicted octanol–water partition coefficient (Wildman–Crippen LogP) is 3.73. The Morgan fingerprint density at radius 2 is 1.85 bits per heavy atom. The number of aromatic nitrogens is 2. The summed E-state index contributed by atoms with van der Waals surface area (Å²) in [7, 11) is 0. The summed E-state index contributed by atoms with van der Waals surface area (Å²) in [5, 5.41) is 3.12. The first kappa shape index (κ1) is 17.7. The van der Waals surface area contributed by atoms with Crippen molar-refractivity contribution in [3.05, 3.63) is 65.3 Å². The van der Waals surface area contributed by atoms with Gasteiger partial charge in [-0.1, -0.05) is 25.1 Å². The molecule has 0 radical (unpaired) electrons. The Balaban J connectivity index is 1.39. The molecule has 0 aliphatic carbocycles. The van der Waals surface area contributed by atoms with Gasteiger partial charge in [-0.2, -0.15) is 0 Å². The maximum atomic E-state index is 12.6. The van der Waals surface area contributed by atoms with Gasteiger partial charge >= 0.3 is 0 Å². The highest BCUT2D eigenvalue weighted by molar-refractivity contribution is 7.13. The molecule has 138 valence electrons. The van der Waals surface area contributed by atoms with Gasteiger partial charge in [0.15, 0.2) is 0 Å². The Bertz CT molecular complexity index is 899. The summed E-state index contributed by atoms with van der Waals surface area (Å²) >= 11 is 1.66. The molecule has 1 aliphatic rings. The Hall–Kier alpha value is -2.73. The average molecular weight is 379 g/mol. The van der Waals surface area contributed by atoms with Gasteiger partial charge in [-0.05, 0) is 30.7 Å². The van der Waals surface area contributed by atoms with Crippen molar-refractivity contribution in [2.75, 3.05) is 31.1 Å². The molecule has 1 saturated heterocycles. The summed E-state index contributed by atoms with van der Waals surface area (Å²) in [6, 6.07) is 13.6. The van der Waals surface area contributed by atoms with Crippen LogP contribution in [0.5, 0.6) is 0 Å². The van der Waals surface area contributed by atoms with Gasteiger partial charge in [-0.25, -0.2) is 9.97 Å². The van der Waals surface area contributed by atoms with Crippen LogP contribution >= 0.6 is 11.3 Å². The quantitative estimate of drug-likeness (QED) is 0.694. The molecule has 1 amide bonds. The Morgan fingerprint density at radius 1 is 1.07 bits per heavy atom. The van der Waals surface area contributed by atoms with Crippen molar-refractivity contribution in [1.29, 1.82) is 0 Å². The lowest BCUT2D eigenvalue weighted by atomic mass is 10.2. The molecule has 27 heavy (non-hydrogen) atoms. The lowest BCUT2D eigenvalue weighted by Gasteiger charge is -2.35. The molecule has 5 nitrogen and oxygen atoms in total. The molecule has 1 aliphatic heterocycles. The van der Waals surface area contributed by atoms with E-state index in [9.17, 15) is 4.79 Å². The zero-order chi connectivity index (χ0) is 18.6. The van der Waals surface area contributed by atoms with Crippen molar-refractivity contribution in [1.82, 2.24) is 14.9 Å². The standard InChI is InChI=1S/C21H22N4OS/c1-2-18-15-27-20(23-18)17-8-9-19(22-14-17)24-10-12-25(13-11-24)21(26)16-6-4-3-5-7-16/h3-9,14-15H,2,10-13H2,1H3. The fourth-order valence-corrected chi connectivity index (χ4v) is 4.10. The summed E-state index contributed by atoms with van der Waals surface area (Å²) in [5.74, 6) is 1.06. The Kier molecular flexibility index (Phi) is 5.16. The summed E-state index contributed by atoms with van der Waals surface area (Å²) < 4.78 is 0.